The first kappa shape index (κ1) is 18.1. The number of imidazole rings is 1. The molecule has 0 unspecified atom stereocenters. The summed E-state index contributed by atoms with van der Waals surface area (Å²) in [4.78, 5) is 4.77. The first-order valence-corrected chi connectivity index (χ1v) is 8.97. The Labute approximate surface area is 155 Å². The van der Waals surface area contributed by atoms with Gasteiger partial charge in [0.05, 0.1) is 18.1 Å². The molecule has 1 aromatic heterocycles. The van der Waals surface area contributed by atoms with Gasteiger partial charge in [-0.3, -0.25) is 0 Å². The molecule has 0 N–H and O–H groups in total. The highest BCUT2D eigenvalue weighted by Gasteiger charge is 2.13. The van der Waals surface area contributed by atoms with Crippen LogP contribution in [0.1, 0.15) is 25.2 Å². The zero-order chi connectivity index (χ0) is 18.5. The average molecular weight is 350 g/mol. The van der Waals surface area contributed by atoms with Crippen molar-refractivity contribution in [3.8, 4) is 11.5 Å². The third-order valence-corrected chi connectivity index (χ3v) is 4.25. The number of hydrogen-bond donors (Lipinski definition) is 0. The Balaban J connectivity index is 1.86. The molecule has 0 aliphatic heterocycles. The Bertz CT molecular complexity index is 896. The summed E-state index contributed by atoms with van der Waals surface area (Å²) >= 11 is 0. The molecule has 3 rings (SSSR count). The fourth-order valence-electron chi connectivity index (χ4n) is 3.07. The summed E-state index contributed by atoms with van der Waals surface area (Å²) < 4.78 is 13.8. The van der Waals surface area contributed by atoms with Gasteiger partial charge in [0, 0.05) is 6.54 Å². The number of allylic oxidation sites excluding steroid dienone is 1. The van der Waals surface area contributed by atoms with Crippen LogP contribution in [0, 0.1) is 5.92 Å². The Kier molecular flexibility index (Phi) is 5.61. The van der Waals surface area contributed by atoms with Crippen LogP contribution >= 0.6 is 0 Å². The largest absolute Gasteiger partial charge is 0.493 e. The van der Waals surface area contributed by atoms with Gasteiger partial charge in [-0.05, 0) is 42.2 Å². The van der Waals surface area contributed by atoms with Crippen LogP contribution in [0.2, 0.25) is 0 Å². The van der Waals surface area contributed by atoms with Crippen molar-refractivity contribution in [1.29, 1.82) is 0 Å². The van der Waals surface area contributed by atoms with Gasteiger partial charge in [-0.2, -0.15) is 0 Å². The molecule has 0 aliphatic rings. The van der Waals surface area contributed by atoms with E-state index in [1.807, 2.05) is 42.5 Å². The van der Waals surface area contributed by atoms with Gasteiger partial charge in [-0.25, -0.2) is 4.98 Å². The minimum atomic E-state index is 0.401. The van der Waals surface area contributed by atoms with Crippen LogP contribution < -0.4 is 9.47 Å². The van der Waals surface area contributed by atoms with Gasteiger partial charge >= 0.3 is 0 Å². The Morgan fingerprint density at radius 3 is 2.69 bits per heavy atom. The minimum absolute atomic E-state index is 0.401. The van der Waals surface area contributed by atoms with E-state index in [1.165, 1.54) is 0 Å². The van der Waals surface area contributed by atoms with Crippen LogP contribution in [-0.4, -0.2) is 16.7 Å². The average Bonchev–Trinajstić information content (AvgIpc) is 2.98. The summed E-state index contributed by atoms with van der Waals surface area (Å²) in [5.74, 6) is 2.91. The lowest BCUT2D eigenvalue weighted by Gasteiger charge is -2.14. The molecular formula is C22H26N2O2. The number of hydrogen-bond acceptors (Lipinski definition) is 3. The summed E-state index contributed by atoms with van der Waals surface area (Å²) in [7, 11) is 1.66. The molecule has 3 aromatic rings. The highest BCUT2D eigenvalue weighted by molar-refractivity contribution is 5.75. The standard InChI is InChI=1S/C22H26N2O2/c1-5-8-17-11-12-20(21(13-17)25-4)26-15-22-23-18-9-6-7-10-19(18)24(22)14-16(2)3/h5-7,9-13,16H,1,8,14-15H2,2-4H3. The SMILES string of the molecule is C=CCc1ccc(OCc2nc3ccccc3n2CC(C)C)c(OC)c1. The van der Waals surface area contributed by atoms with Gasteiger partial charge in [-0.1, -0.05) is 38.1 Å². The summed E-state index contributed by atoms with van der Waals surface area (Å²) in [6.07, 6.45) is 2.68. The molecular weight excluding hydrogens is 324 g/mol. The molecule has 0 fully saturated rings. The van der Waals surface area contributed by atoms with Crippen LogP contribution in [0.3, 0.4) is 0 Å². The number of rotatable bonds is 8. The van der Waals surface area contributed by atoms with Gasteiger partial charge in [0.25, 0.3) is 0 Å². The molecule has 4 nitrogen and oxygen atoms in total. The predicted octanol–water partition coefficient (Wildman–Crippen LogP) is 5.01. The first-order chi connectivity index (χ1) is 12.6. The summed E-state index contributed by atoms with van der Waals surface area (Å²) in [6.45, 7) is 9.51. The van der Waals surface area contributed by atoms with Gasteiger partial charge in [0.2, 0.25) is 0 Å². The molecule has 0 aliphatic carbocycles. The van der Waals surface area contributed by atoms with Crippen LogP contribution in [0.4, 0.5) is 0 Å². The van der Waals surface area contributed by atoms with E-state index >= 15 is 0 Å². The maximum atomic E-state index is 6.06. The highest BCUT2D eigenvalue weighted by atomic mass is 16.5. The van der Waals surface area contributed by atoms with E-state index in [9.17, 15) is 0 Å². The van der Waals surface area contributed by atoms with Gasteiger partial charge in [-0.15, -0.1) is 6.58 Å². The van der Waals surface area contributed by atoms with E-state index in [0.717, 1.165) is 46.9 Å². The van der Waals surface area contributed by atoms with E-state index in [4.69, 9.17) is 14.5 Å². The number of methoxy groups -OCH3 is 1. The normalized spacial score (nSPS) is 11.1. The lowest BCUT2D eigenvalue weighted by molar-refractivity contribution is 0.270. The first-order valence-electron chi connectivity index (χ1n) is 8.97. The number of ether oxygens (including phenoxy) is 2. The number of benzene rings is 2. The van der Waals surface area contributed by atoms with E-state index in [0.29, 0.717) is 12.5 Å². The van der Waals surface area contributed by atoms with Crippen LogP contribution in [0.25, 0.3) is 11.0 Å². The molecule has 0 amide bonds. The molecule has 0 saturated carbocycles. The number of para-hydroxylation sites is 2. The lowest BCUT2D eigenvalue weighted by Crippen LogP contribution is -2.11. The topological polar surface area (TPSA) is 36.3 Å². The van der Waals surface area contributed by atoms with Crippen molar-refractivity contribution < 1.29 is 9.47 Å². The second-order valence-corrected chi connectivity index (χ2v) is 6.79. The molecule has 4 heteroatoms. The van der Waals surface area contributed by atoms with Gasteiger partial charge in [0.15, 0.2) is 11.5 Å². The van der Waals surface area contributed by atoms with Crippen molar-refractivity contribution in [2.45, 2.75) is 33.4 Å². The molecule has 0 bridgehead atoms. The number of fused-ring (bicyclic) bond motifs is 1. The summed E-state index contributed by atoms with van der Waals surface area (Å²) in [5, 5.41) is 0. The smallest absolute Gasteiger partial charge is 0.161 e. The third-order valence-electron chi connectivity index (χ3n) is 4.25. The van der Waals surface area contributed by atoms with Crippen LogP contribution in [0.15, 0.2) is 55.1 Å². The highest BCUT2D eigenvalue weighted by Crippen LogP contribution is 2.29. The van der Waals surface area contributed by atoms with Crippen molar-refractivity contribution in [1.82, 2.24) is 9.55 Å². The van der Waals surface area contributed by atoms with Crippen LogP contribution in [0.5, 0.6) is 11.5 Å². The van der Waals surface area contributed by atoms with Crippen molar-refractivity contribution >= 4 is 11.0 Å². The molecule has 26 heavy (non-hydrogen) atoms. The Hall–Kier alpha value is -2.75. The fraction of sp³-hybridized carbons (Fsp3) is 0.318. The second kappa shape index (κ2) is 8.09. The lowest BCUT2D eigenvalue weighted by atomic mass is 10.1. The second-order valence-electron chi connectivity index (χ2n) is 6.79. The number of aromatic nitrogens is 2. The molecule has 0 atom stereocenters. The molecule has 2 aromatic carbocycles. The van der Waals surface area contributed by atoms with Crippen molar-refractivity contribution in [2.24, 2.45) is 5.92 Å². The zero-order valence-corrected chi connectivity index (χ0v) is 15.7. The molecule has 0 spiro atoms. The van der Waals surface area contributed by atoms with E-state index < -0.39 is 0 Å². The fourth-order valence-corrected chi connectivity index (χ4v) is 3.07. The summed E-state index contributed by atoms with van der Waals surface area (Å²) in [5.41, 5.74) is 3.30. The molecule has 0 radical (unpaired) electrons. The van der Waals surface area contributed by atoms with E-state index in [1.54, 1.807) is 7.11 Å². The zero-order valence-electron chi connectivity index (χ0n) is 15.7. The van der Waals surface area contributed by atoms with Crippen molar-refractivity contribution in [3.05, 3.63) is 66.5 Å². The third kappa shape index (κ3) is 3.90. The summed E-state index contributed by atoms with van der Waals surface area (Å²) in [6, 6.07) is 14.2. The van der Waals surface area contributed by atoms with Gasteiger partial charge < -0.3 is 14.0 Å². The maximum absolute atomic E-state index is 6.06. The molecule has 0 saturated heterocycles. The molecule has 136 valence electrons. The van der Waals surface area contributed by atoms with E-state index in [-0.39, 0.29) is 0 Å². The Morgan fingerprint density at radius 1 is 1.15 bits per heavy atom. The van der Waals surface area contributed by atoms with Gasteiger partial charge in [0.1, 0.15) is 12.4 Å². The van der Waals surface area contributed by atoms with Crippen LogP contribution in [-0.2, 0) is 19.6 Å². The number of nitrogens with zero attached hydrogens (tertiary/aromatic N) is 2. The predicted molar refractivity (Wildman–Crippen MR) is 106 cm³/mol. The van der Waals surface area contributed by atoms with Crippen molar-refractivity contribution in [2.75, 3.05) is 7.11 Å². The van der Waals surface area contributed by atoms with Crippen molar-refractivity contribution in [3.63, 3.8) is 0 Å². The minimum Gasteiger partial charge on any atom is -0.493 e. The molecule has 1 heterocycles. The maximum Gasteiger partial charge on any atom is 0.161 e. The van der Waals surface area contributed by atoms with E-state index in [2.05, 4.69) is 31.1 Å². The Morgan fingerprint density at radius 2 is 1.96 bits per heavy atom. The monoisotopic (exact) mass is 350 g/mol. The quantitative estimate of drug-likeness (QED) is 0.536.